The monoisotopic (exact) mass is 236 g/mol. The molecule has 18 heavy (non-hydrogen) atoms. The van der Waals surface area contributed by atoms with Gasteiger partial charge in [0.1, 0.15) is 17.7 Å². The fraction of sp³-hybridized carbons (Fsp3) is 0. The molecule has 1 heterocycles. The predicted molar refractivity (Wildman–Crippen MR) is 64.4 cm³/mol. The molecule has 0 saturated heterocycles. The maximum Gasteiger partial charge on any atom is 0.221 e. The largest absolute Gasteiger partial charge is 0.438 e. The summed E-state index contributed by atoms with van der Waals surface area (Å²) in [5.74, 6) is 0. The first-order chi connectivity index (χ1) is 8.67. The molecule has 0 amide bonds. The number of para-hydroxylation sites is 1. The van der Waals surface area contributed by atoms with Gasteiger partial charge in [0, 0.05) is 5.39 Å². The van der Waals surface area contributed by atoms with E-state index in [4.69, 9.17) is 26.1 Å². The molecular weight excluding hydrogens is 228 g/mol. The Hall–Kier alpha value is -3.05. The lowest BCUT2D eigenvalue weighted by Gasteiger charge is -2.03. The molecule has 5 nitrogen and oxygen atoms in total. The van der Waals surface area contributed by atoms with Crippen molar-refractivity contribution in [2.45, 2.75) is 0 Å². The smallest absolute Gasteiger partial charge is 0.221 e. The summed E-state index contributed by atoms with van der Waals surface area (Å²) in [4.78, 5) is 0. The Kier molecular flexibility index (Phi) is 2.82. The average Bonchev–Trinajstić information content (AvgIpc) is 2.39. The fourth-order valence-electron chi connectivity index (χ4n) is 1.56. The Morgan fingerprint density at radius 2 is 1.89 bits per heavy atom. The molecule has 5 heteroatoms. The lowest BCUT2D eigenvalue weighted by atomic mass is 10.1. The van der Waals surface area contributed by atoms with Crippen molar-refractivity contribution in [3.8, 4) is 12.1 Å². The molecule has 0 spiro atoms. The van der Waals surface area contributed by atoms with Crippen LogP contribution in [-0.4, -0.2) is 0 Å². The van der Waals surface area contributed by atoms with Gasteiger partial charge in [0.25, 0.3) is 0 Å². The highest BCUT2D eigenvalue weighted by Gasteiger charge is 2.09. The van der Waals surface area contributed by atoms with Crippen LogP contribution in [0.2, 0.25) is 0 Å². The third-order valence-corrected chi connectivity index (χ3v) is 2.46. The maximum atomic E-state index is 8.76. The van der Waals surface area contributed by atoms with E-state index in [0.717, 1.165) is 5.39 Å². The molecule has 86 valence electrons. The molecule has 1 aromatic carbocycles. The number of hydrogen-bond acceptors (Lipinski definition) is 5. The van der Waals surface area contributed by atoms with Crippen molar-refractivity contribution in [2.75, 3.05) is 0 Å². The van der Waals surface area contributed by atoms with Crippen molar-refractivity contribution in [3.05, 3.63) is 47.0 Å². The number of benzene rings is 1. The van der Waals surface area contributed by atoms with E-state index in [1.54, 1.807) is 36.4 Å². The number of nitrogens with two attached hydrogens (primary N) is 1. The van der Waals surface area contributed by atoms with Crippen LogP contribution in [0.15, 0.2) is 40.3 Å². The van der Waals surface area contributed by atoms with Gasteiger partial charge >= 0.3 is 0 Å². The molecule has 2 rings (SSSR count). The summed E-state index contributed by atoms with van der Waals surface area (Å²) in [6, 6.07) is 12.2. The van der Waals surface area contributed by atoms with Crippen molar-refractivity contribution >= 4 is 16.7 Å². The van der Waals surface area contributed by atoms with E-state index in [-0.39, 0.29) is 22.4 Å². The summed E-state index contributed by atoms with van der Waals surface area (Å²) >= 11 is 0. The van der Waals surface area contributed by atoms with Crippen LogP contribution < -0.4 is 11.3 Å². The number of fused-ring (bicyclic) bond motifs is 1. The highest BCUT2D eigenvalue weighted by molar-refractivity contribution is 5.82. The highest BCUT2D eigenvalue weighted by atomic mass is 16.3. The fourth-order valence-corrected chi connectivity index (χ4v) is 1.56. The van der Waals surface area contributed by atoms with Crippen molar-refractivity contribution in [3.63, 3.8) is 0 Å². The normalized spacial score (nSPS) is 9.44. The second kappa shape index (κ2) is 4.44. The van der Waals surface area contributed by atoms with Crippen LogP contribution in [-0.2, 0) is 0 Å². The summed E-state index contributed by atoms with van der Waals surface area (Å²) in [5.41, 5.74) is 6.06. The zero-order valence-corrected chi connectivity index (χ0v) is 9.27. The van der Waals surface area contributed by atoms with E-state index in [1.807, 2.05) is 6.07 Å². The average molecular weight is 236 g/mol. The first kappa shape index (κ1) is 11.4. The number of nitrogens with one attached hydrogen (secondary N) is 1. The van der Waals surface area contributed by atoms with Crippen LogP contribution in [0.3, 0.4) is 0 Å². The molecule has 0 aliphatic heterocycles. The van der Waals surface area contributed by atoms with Gasteiger partial charge in [0.2, 0.25) is 5.55 Å². The number of allylic oxidation sites excluding steroid dienone is 1. The Morgan fingerprint density at radius 1 is 1.22 bits per heavy atom. The summed E-state index contributed by atoms with van der Waals surface area (Å²) < 4.78 is 5.29. The zero-order chi connectivity index (χ0) is 13.1. The number of nitriles is 2. The third kappa shape index (κ3) is 1.81. The van der Waals surface area contributed by atoms with Gasteiger partial charge in [-0.3, -0.25) is 5.41 Å². The van der Waals surface area contributed by atoms with Crippen LogP contribution in [0.4, 0.5) is 0 Å². The Balaban J connectivity index is 2.79. The molecule has 0 atom stereocenters. The molecule has 3 N–H and O–H groups in total. The topological polar surface area (TPSA) is 111 Å². The van der Waals surface area contributed by atoms with Crippen LogP contribution in [0, 0.1) is 28.1 Å². The molecule has 0 aliphatic carbocycles. The van der Waals surface area contributed by atoms with Crippen LogP contribution >= 0.6 is 0 Å². The molecule has 0 unspecified atom stereocenters. The van der Waals surface area contributed by atoms with Gasteiger partial charge in [-0.1, -0.05) is 18.2 Å². The lowest BCUT2D eigenvalue weighted by molar-refractivity contribution is 0.530. The quantitative estimate of drug-likeness (QED) is 0.733. The van der Waals surface area contributed by atoms with Gasteiger partial charge in [-0.25, -0.2) is 0 Å². The van der Waals surface area contributed by atoms with Crippen molar-refractivity contribution < 1.29 is 4.42 Å². The molecular formula is C13H8N4O. The Labute approximate surface area is 102 Å². The summed E-state index contributed by atoms with van der Waals surface area (Å²) in [5, 5.41) is 26.0. The van der Waals surface area contributed by atoms with Gasteiger partial charge in [-0.05, 0) is 12.1 Å². The van der Waals surface area contributed by atoms with E-state index in [1.165, 1.54) is 0 Å². The molecule has 1 aromatic heterocycles. The standard InChI is InChI=1S/C13H8N4O/c14-6-9(7-15)12(16)10-5-8-3-1-2-4-11(8)18-13(10)17/h1-5,17H,16H2. The summed E-state index contributed by atoms with van der Waals surface area (Å²) in [7, 11) is 0. The van der Waals surface area contributed by atoms with Gasteiger partial charge < -0.3 is 10.2 Å². The minimum absolute atomic E-state index is 0.0421. The van der Waals surface area contributed by atoms with Crippen molar-refractivity contribution in [1.29, 1.82) is 15.9 Å². The van der Waals surface area contributed by atoms with E-state index < -0.39 is 0 Å². The lowest BCUT2D eigenvalue weighted by Crippen LogP contribution is -2.12. The second-order valence-electron chi connectivity index (χ2n) is 3.54. The van der Waals surface area contributed by atoms with Crippen LogP contribution in [0.5, 0.6) is 0 Å². The molecule has 0 radical (unpaired) electrons. The molecule has 0 aliphatic rings. The minimum atomic E-state index is -0.228. The van der Waals surface area contributed by atoms with E-state index >= 15 is 0 Å². The maximum absolute atomic E-state index is 8.76. The Morgan fingerprint density at radius 3 is 2.56 bits per heavy atom. The van der Waals surface area contributed by atoms with E-state index in [0.29, 0.717) is 5.58 Å². The molecule has 0 saturated carbocycles. The molecule has 0 bridgehead atoms. The first-order valence-corrected chi connectivity index (χ1v) is 5.05. The van der Waals surface area contributed by atoms with Gasteiger partial charge in [-0.2, -0.15) is 10.5 Å². The van der Waals surface area contributed by atoms with E-state index in [9.17, 15) is 0 Å². The second-order valence-corrected chi connectivity index (χ2v) is 3.54. The van der Waals surface area contributed by atoms with Crippen LogP contribution in [0.25, 0.3) is 16.7 Å². The number of hydrogen-bond donors (Lipinski definition) is 2. The summed E-state index contributed by atoms with van der Waals surface area (Å²) in [6.07, 6.45) is 0. The SMILES string of the molecule is N#CC(C#N)=C(N)c1cc2ccccc2oc1=N. The number of rotatable bonds is 1. The highest BCUT2D eigenvalue weighted by Crippen LogP contribution is 2.16. The van der Waals surface area contributed by atoms with E-state index in [2.05, 4.69) is 0 Å². The third-order valence-electron chi connectivity index (χ3n) is 2.46. The van der Waals surface area contributed by atoms with Gasteiger partial charge in [0.05, 0.1) is 11.3 Å². The van der Waals surface area contributed by atoms with Gasteiger partial charge in [0.15, 0.2) is 5.57 Å². The van der Waals surface area contributed by atoms with Crippen LogP contribution in [0.1, 0.15) is 5.56 Å². The minimum Gasteiger partial charge on any atom is -0.438 e. The van der Waals surface area contributed by atoms with Crippen molar-refractivity contribution in [2.24, 2.45) is 5.73 Å². The zero-order valence-electron chi connectivity index (χ0n) is 9.27. The number of nitrogens with zero attached hydrogens (tertiary/aromatic N) is 2. The molecule has 2 aromatic rings. The van der Waals surface area contributed by atoms with Crippen molar-refractivity contribution in [1.82, 2.24) is 0 Å². The first-order valence-electron chi connectivity index (χ1n) is 5.05. The summed E-state index contributed by atoms with van der Waals surface area (Å²) in [6.45, 7) is 0. The molecule has 0 fully saturated rings. The van der Waals surface area contributed by atoms with Gasteiger partial charge in [-0.15, -0.1) is 0 Å². The Bertz CT molecular complexity index is 771. The predicted octanol–water partition coefficient (Wildman–Crippen LogP) is 1.63.